The number of aromatic nitrogens is 2. The minimum Gasteiger partial charge on any atom is -0.493 e. The molecule has 1 fully saturated rings. The summed E-state index contributed by atoms with van der Waals surface area (Å²) < 4.78 is 18.0. The molecule has 3 rings (SSSR count). The van der Waals surface area contributed by atoms with Gasteiger partial charge in [-0.15, -0.1) is 0 Å². The molecule has 0 bridgehead atoms. The van der Waals surface area contributed by atoms with E-state index < -0.39 is 5.54 Å². The van der Waals surface area contributed by atoms with Crippen LogP contribution in [0, 0.1) is 0 Å². The zero-order valence-electron chi connectivity index (χ0n) is 16.8. The first-order valence-electron chi connectivity index (χ1n) is 9.37. The minimum absolute atomic E-state index is 0.0426. The first-order chi connectivity index (χ1) is 13.6. The molecule has 1 aliphatic rings. The summed E-state index contributed by atoms with van der Waals surface area (Å²) in [6.07, 6.45) is 4.93. The fourth-order valence-corrected chi connectivity index (χ4v) is 3.69. The third kappa shape index (κ3) is 3.64. The van der Waals surface area contributed by atoms with Gasteiger partial charge >= 0.3 is 0 Å². The molecular weight excluding hydrogens is 360 g/mol. The SMILES string of the molecule is COc1cc(C(C)NC(=O)C2(n3cccn3)CCNCC2)cc(OC)c1OC. The highest BCUT2D eigenvalue weighted by Gasteiger charge is 2.42. The number of hydrogen-bond acceptors (Lipinski definition) is 6. The number of nitrogens with one attached hydrogen (secondary N) is 2. The highest BCUT2D eigenvalue weighted by molar-refractivity contribution is 5.85. The van der Waals surface area contributed by atoms with Crippen LogP contribution in [0.25, 0.3) is 0 Å². The highest BCUT2D eigenvalue weighted by Crippen LogP contribution is 2.40. The van der Waals surface area contributed by atoms with Crippen molar-refractivity contribution < 1.29 is 19.0 Å². The molecular formula is C20H28N4O4. The number of carbonyl (C=O) groups excluding carboxylic acids is 1. The van der Waals surface area contributed by atoms with Crippen LogP contribution in [0.2, 0.25) is 0 Å². The van der Waals surface area contributed by atoms with Crippen molar-refractivity contribution in [1.29, 1.82) is 0 Å². The van der Waals surface area contributed by atoms with Crippen molar-refractivity contribution in [3.63, 3.8) is 0 Å². The Balaban J connectivity index is 1.87. The molecule has 0 saturated carbocycles. The molecule has 1 amide bonds. The number of piperidine rings is 1. The summed E-state index contributed by atoms with van der Waals surface area (Å²) >= 11 is 0. The maximum Gasteiger partial charge on any atom is 0.248 e. The van der Waals surface area contributed by atoms with E-state index in [9.17, 15) is 4.79 Å². The largest absolute Gasteiger partial charge is 0.493 e. The van der Waals surface area contributed by atoms with Crippen LogP contribution in [0.4, 0.5) is 0 Å². The van der Waals surface area contributed by atoms with E-state index in [1.165, 1.54) is 0 Å². The lowest BCUT2D eigenvalue weighted by Crippen LogP contribution is -2.55. The van der Waals surface area contributed by atoms with Gasteiger partial charge in [-0.05, 0) is 56.6 Å². The van der Waals surface area contributed by atoms with Gasteiger partial charge in [-0.3, -0.25) is 9.48 Å². The Kier molecular flexibility index (Phi) is 6.08. The Bertz CT molecular complexity index is 776. The number of ether oxygens (including phenoxy) is 3. The van der Waals surface area contributed by atoms with E-state index >= 15 is 0 Å². The van der Waals surface area contributed by atoms with Crippen molar-refractivity contribution >= 4 is 5.91 Å². The predicted molar refractivity (Wildman–Crippen MR) is 105 cm³/mol. The van der Waals surface area contributed by atoms with Gasteiger partial charge in [0.15, 0.2) is 11.5 Å². The minimum atomic E-state index is -0.691. The van der Waals surface area contributed by atoms with E-state index in [1.807, 2.05) is 31.3 Å². The standard InChI is InChI=1S/C20H28N4O4/c1-14(15-12-16(26-2)18(28-4)17(13-15)27-3)23-19(25)20(6-9-21-10-7-20)24-11-5-8-22-24/h5,8,11-14,21H,6-7,9-10H2,1-4H3,(H,23,25). The molecule has 1 aromatic heterocycles. The van der Waals surface area contributed by atoms with Crippen molar-refractivity contribution in [1.82, 2.24) is 20.4 Å². The van der Waals surface area contributed by atoms with Crippen LogP contribution in [-0.4, -0.2) is 50.1 Å². The first-order valence-corrected chi connectivity index (χ1v) is 9.37. The average Bonchev–Trinajstić information content (AvgIpc) is 3.28. The van der Waals surface area contributed by atoms with Crippen LogP contribution in [0.15, 0.2) is 30.6 Å². The third-order valence-corrected chi connectivity index (χ3v) is 5.33. The zero-order valence-corrected chi connectivity index (χ0v) is 16.8. The van der Waals surface area contributed by atoms with Crippen LogP contribution >= 0.6 is 0 Å². The van der Waals surface area contributed by atoms with E-state index in [4.69, 9.17) is 14.2 Å². The van der Waals surface area contributed by atoms with E-state index in [0.29, 0.717) is 30.1 Å². The molecule has 1 aromatic carbocycles. The van der Waals surface area contributed by atoms with Crippen molar-refractivity contribution in [2.45, 2.75) is 31.3 Å². The number of carbonyl (C=O) groups is 1. The monoisotopic (exact) mass is 388 g/mol. The quantitative estimate of drug-likeness (QED) is 0.753. The smallest absolute Gasteiger partial charge is 0.248 e. The molecule has 8 heteroatoms. The first kappa shape index (κ1) is 20.0. The van der Waals surface area contributed by atoms with E-state index in [0.717, 1.165) is 18.7 Å². The van der Waals surface area contributed by atoms with Gasteiger partial charge in [0.05, 0.1) is 27.4 Å². The summed E-state index contributed by atoms with van der Waals surface area (Å²) in [6, 6.07) is 5.31. The summed E-state index contributed by atoms with van der Waals surface area (Å²) in [6.45, 7) is 3.48. The Morgan fingerprint density at radius 3 is 2.32 bits per heavy atom. The normalized spacial score (nSPS) is 16.9. The zero-order chi connectivity index (χ0) is 20.1. The van der Waals surface area contributed by atoms with Gasteiger partial charge in [-0.25, -0.2) is 0 Å². The van der Waals surface area contributed by atoms with Gasteiger partial charge < -0.3 is 24.8 Å². The number of hydrogen-bond donors (Lipinski definition) is 2. The molecule has 0 spiro atoms. The van der Waals surface area contributed by atoms with Gasteiger partial charge in [0.2, 0.25) is 11.7 Å². The summed E-state index contributed by atoms with van der Waals surface area (Å²) in [5.74, 6) is 1.60. The van der Waals surface area contributed by atoms with Crippen LogP contribution in [0.5, 0.6) is 17.2 Å². The lowest BCUT2D eigenvalue weighted by atomic mass is 9.87. The molecule has 1 unspecified atom stereocenters. The van der Waals surface area contributed by atoms with Gasteiger partial charge in [-0.2, -0.15) is 5.10 Å². The van der Waals surface area contributed by atoms with Gasteiger partial charge in [0, 0.05) is 12.4 Å². The van der Waals surface area contributed by atoms with Crippen molar-refractivity contribution in [2.24, 2.45) is 0 Å². The Labute approximate surface area is 165 Å². The van der Waals surface area contributed by atoms with Crippen LogP contribution in [-0.2, 0) is 10.3 Å². The fraction of sp³-hybridized carbons (Fsp3) is 0.500. The highest BCUT2D eigenvalue weighted by atomic mass is 16.5. The molecule has 2 heterocycles. The summed E-state index contributed by atoms with van der Waals surface area (Å²) in [5.41, 5.74) is 0.177. The van der Waals surface area contributed by atoms with Gasteiger partial charge in [-0.1, -0.05) is 0 Å². The second-order valence-electron chi connectivity index (χ2n) is 6.89. The van der Waals surface area contributed by atoms with Gasteiger partial charge in [0.25, 0.3) is 0 Å². The molecule has 1 saturated heterocycles. The summed E-state index contributed by atoms with van der Waals surface area (Å²) in [7, 11) is 4.72. The molecule has 2 aromatic rings. The fourth-order valence-electron chi connectivity index (χ4n) is 3.69. The predicted octanol–water partition coefficient (Wildman–Crippen LogP) is 1.86. The molecule has 152 valence electrons. The van der Waals surface area contributed by atoms with E-state index in [1.54, 1.807) is 32.2 Å². The van der Waals surface area contributed by atoms with Crippen LogP contribution in [0.1, 0.15) is 31.4 Å². The molecule has 1 aliphatic heterocycles. The number of rotatable bonds is 7. The Hall–Kier alpha value is -2.74. The number of methoxy groups -OCH3 is 3. The number of benzene rings is 1. The van der Waals surface area contributed by atoms with Crippen molar-refractivity contribution in [2.75, 3.05) is 34.4 Å². The summed E-state index contributed by atoms with van der Waals surface area (Å²) in [5, 5.41) is 10.8. The Morgan fingerprint density at radius 2 is 1.82 bits per heavy atom. The molecule has 1 atom stereocenters. The number of nitrogens with zero attached hydrogens (tertiary/aromatic N) is 2. The topological polar surface area (TPSA) is 86.6 Å². The van der Waals surface area contributed by atoms with E-state index in [2.05, 4.69) is 15.7 Å². The van der Waals surface area contributed by atoms with Crippen molar-refractivity contribution in [3.8, 4) is 17.2 Å². The maximum absolute atomic E-state index is 13.3. The maximum atomic E-state index is 13.3. The lowest BCUT2D eigenvalue weighted by molar-refractivity contribution is -0.132. The second kappa shape index (κ2) is 8.52. The van der Waals surface area contributed by atoms with E-state index in [-0.39, 0.29) is 11.9 Å². The molecule has 0 aliphatic carbocycles. The second-order valence-corrected chi connectivity index (χ2v) is 6.89. The summed E-state index contributed by atoms with van der Waals surface area (Å²) in [4.78, 5) is 13.3. The number of amides is 1. The Morgan fingerprint density at radius 1 is 1.18 bits per heavy atom. The van der Waals surface area contributed by atoms with Crippen LogP contribution in [0.3, 0.4) is 0 Å². The molecule has 28 heavy (non-hydrogen) atoms. The third-order valence-electron chi connectivity index (χ3n) is 5.33. The lowest BCUT2D eigenvalue weighted by Gasteiger charge is -2.37. The van der Waals surface area contributed by atoms with Crippen molar-refractivity contribution in [3.05, 3.63) is 36.2 Å². The molecule has 2 N–H and O–H groups in total. The molecule has 0 radical (unpaired) electrons. The van der Waals surface area contributed by atoms with Gasteiger partial charge in [0.1, 0.15) is 5.54 Å². The van der Waals surface area contributed by atoms with Crippen LogP contribution < -0.4 is 24.8 Å². The average molecular weight is 388 g/mol. The molecule has 8 nitrogen and oxygen atoms in total.